The second kappa shape index (κ2) is 10.2. The SMILES string of the molecule is CCCCn1nccc1NC(=O)C1CCCN(C(=O)c2ccccc2OC(F)F)C1. The summed E-state index contributed by atoms with van der Waals surface area (Å²) >= 11 is 0. The Morgan fingerprint density at radius 2 is 2.10 bits per heavy atom. The van der Waals surface area contributed by atoms with Crippen LogP contribution in [0.1, 0.15) is 43.0 Å². The van der Waals surface area contributed by atoms with Crippen molar-refractivity contribution in [3.63, 3.8) is 0 Å². The molecular weight excluding hydrogens is 394 g/mol. The number of aryl methyl sites for hydroxylation is 1. The maximum absolute atomic E-state index is 12.9. The Morgan fingerprint density at radius 1 is 1.30 bits per heavy atom. The third-order valence-electron chi connectivity index (χ3n) is 5.10. The molecule has 2 aromatic rings. The first-order valence-electron chi connectivity index (χ1n) is 10.2. The van der Waals surface area contributed by atoms with Gasteiger partial charge in [0.2, 0.25) is 5.91 Å². The highest BCUT2D eigenvalue weighted by atomic mass is 19.3. The van der Waals surface area contributed by atoms with Crippen molar-refractivity contribution in [3.8, 4) is 5.75 Å². The number of piperidine rings is 1. The molecule has 1 saturated heterocycles. The fourth-order valence-corrected chi connectivity index (χ4v) is 3.54. The molecule has 30 heavy (non-hydrogen) atoms. The minimum absolute atomic E-state index is 0.0662. The van der Waals surface area contributed by atoms with E-state index in [9.17, 15) is 18.4 Å². The van der Waals surface area contributed by atoms with Crippen LogP contribution in [0.2, 0.25) is 0 Å². The second-order valence-electron chi connectivity index (χ2n) is 7.25. The summed E-state index contributed by atoms with van der Waals surface area (Å²) in [6.45, 7) is 0.461. The van der Waals surface area contributed by atoms with Crippen LogP contribution in [0.5, 0.6) is 5.75 Å². The quantitative estimate of drug-likeness (QED) is 0.705. The molecule has 2 heterocycles. The van der Waals surface area contributed by atoms with E-state index >= 15 is 0 Å². The average Bonchev–Trinajstić information content (AvgIpc) is 3.18. The molecule has 1 fully saturated rings. The Hall–Kier alpha value is -2.97. The molecule has 2 amide bonds. The molecule has 0 radical (unpaired) electrons. The van der Waals surface area contributed by atoms with Gasteiger partial charge in [-0.2, -0.15) is 13.9 Å². The topological polar surface area (TPSA) is 76.5 Å². The van der Waals surface area contributed by atoms with Crippen molar-refractivity contribution >= 4 is 17.6 Å². The summed E-state index contributed by atoms with van der Waals surface area (Å²) in [4.78, 5) is 27.2. The van der Waals surface area contributed by atoms with Gasteiger partial charge in [0.05, 0.1) is 17.7 Å². The molecule has 1 aliphatic heterocycles. The molecule has 1 N–H and O–H groups in total. The number of halogens is 2. The number of nitrogens with zero attached hydrogens (tertiary/aromatic N) is 3. The molecule has 3 rings (SSSR count). The number of benzene rings is 1. The van der Waals surface area contributed by atoms with E-state index in [2.05, 4.69) is 22.1 Å². The Kier molecular flexibility index (Phi) is 7.37. The Morgan fingerprint density at radius 3 is 2.87 bits per heavy atom. The van der Waals surface area contributed by atoms with Crippen molar-refractivity contribution < 1.29 is 23.1 Å². The van der Waals surface area contributed by atoms with Gasteiger partial charge in [-0.25, -0.2) is 4.68 Å². The minimum atomic E-state index is -3.02. The van der Waals surface area contributed by atoms with Crippen LogP contribution in [0, 0.1) is 5.92 Å². The summed E-state index contributed by atoms with van der Waals surface area (Å²) in [6.07, 6.45) is 4.91. The number of hydrogen-bond donors (Lipinski definition) is 1. The third-order valence-corrected chi connectivity index (χ3v) is 5.10. The number of anilines is 1. The number of carbonyl (C=O) groups excluding carboxylic acids is 2. The Labute approximate surface area is 174 Å². The van der Waals surface area contributed by atoms with Crippen LogP contribution in [0.25, 0.3) is 0 Å². The number of unbranched alkanes of at least 4 members (excludes halogenated alkanes) is 1. The van der Waals surface area contributed by atoms with Crippen LogP contribution in [-0.4, -0.2) is 46.2 Å². The smallest absolute Gasteiger partial charge is 0.387 e. The lowest BCUT2D eigenvalue weighted by atomic mass is 9.96. The molecule has 1 aliphatic rings. The van der Waals surface area contributed by atoms with Crippen molar-refractivity contribution in [2.75, 3.05) is 18.4 Å². The van der Waals surface area contributed by atoms with Crippen molar-refractivity contribution in [2.45, 2.75) is 45.8 Å². The molecular formula is C21H26F2N4O3. The number of aromatic nitrogens is 2. The van der Waals surface area contributed by atoms with E-state index in [1.165, 1.54) is 23.1 Å². The Bertz CT molecular complexity index is 871. The lowest BCUT2D eigenvalue weighted by molar-refractivity contribution is -0.121. The normalized spacial score (nSPS) is 16.5. The fraction of sp³-hybridized carbons (Fsp3) is 0.476. The van der Waals surface area contributed by atoms with Crippen LogP contribution in [-0.2, 0) is 11.3 Å². The number of rotatable bonds is 8. The van der Waals surface area contributed by atoms with Gasteiger partial charge in [0.15, 0.2) is 0 Å². The fourth-order valence-electron chi connectivity index (χ4n) is 3.54. The summed E-state index contributed by atoms with van der Waals surface area (Å²) in [5.74, 6) is -0.517. The van der Waals surface area contributed by atoms with Crippen molar-refractivity contribution in [1.82, 2.24) is 14.7 Å². The Balaban J connectivity index is 1.66. The second-order valence-corrected chi connectivity index (χ2v) is 7.25. The van der Waals surface area contributed by atoms with Crippen LogP contribution < -0.4 is 10.1 Å². The molecule has 1 aromatic carbocycles. The number of likely N-dealkylation sites (tertiary alicyclic amines) is 1. The number of carbonyl (C=O) groups is 2. The molecule has 162 valence electrons. The first-order valence-corrected chi connectivity index (χ1v) is 10.2. The van der Waals surface area contributed by atoms with E-state index in [-0.39, 0.29) is 29.7 Å². The molecule has 7 nitrogen and oxygen atoms in total. The number of ether oxygens (including phenoxy) is 1. The van der Waals surface area contributed by atoms with Gasteiger partial charge in [-0.3, -0.25) is 9.59 Å². The molecule has 0 saturated carbocycles. The molecule has 0 aliphatic carbocycles. The number of nitrogens with one attached hydrogen (secondary N) is 1. The van der Waals surface area contributed by atoms with E-state index < -0.39 is 12.5 Å². The van der Waals surface area contributed by atoms with Crippen molar-refractivity contribution in [3.05, 3.63) is 42.1 Å². The van der Waals surface area contributed by atoms with Gasteiger partial charge < -0.3 is 15.0 Å². The van der Waals surface area contributed by atoms with E-state index in [4.69, 9.17) is 0 Å². The number of hydrogen-bond acceptors (Lipinski definition) is 4. The summed E-state index contributed by atoms with van der Waals surface area (Å²) in [6, 6.07) is 7.66. The molecule has 1 atom stereocenters. The molecule has 1 unspecified atom stereocenters. The highest BCUT2D eigenvalue weighted by Crippen LogP contribution is 2.25. The van der Waals surface area contributed by atoms with E-state index in [1.807, 2.05) is 0 Å². The third kappa shape index (κ3) is 5.34. The average molecular weight is 420 g/mol. The summed E-state index contributed by atoms with van der Waals surface area (Å²) in [5.41, 5.74) is 0.0662. The first kappa shape index (κ1) is 21.7. The zero-order valence-electron chi connectivity index (χ0n) is 16.9. The first-order chi connectivity index (χ1) is 14.5. The monoisotopic (exact) mass is 420 g/mol. The van der Waals surface area contributed by atoms with Gasteiger partial charge in [0.25, 0.3) is 5.91 Å². The standard InChI is InChI=1S/C21H26F2N4O3/c1-2-3-13-27-18(10-11-24-27)25-19(28)15-7-6-12-26(14-15)20(29)16-8-4-5-9-17(16)30-21(22)23/h4-5,8-11,15,21H,2-3,6-7,12-14H2,1H3,(H,25,28). The highest BCUT2D eigenvalue weighted by molar-refractivity contribution is 5.98. The zero-order valence-corrected chi connectivity index (χ0v) is 16.9. The lowest BCUT2D eigenvalue weighted by Crippen LogP contribution is -2.44. The van der Waals surface area contributed by atoms with Crippen LogP contribution in [0.3, 0.4) is 0 Å². The van der Waals surface area contributed by atoms with Crippen LogP contribution >= 0.6 is 0 Å². The molecule has 0 spiro atoms. The largest absolute Gasteiger partial charge is 0.434 e. The molecule has 9 heteroatoms. The predicted molar refractivity (Wildman–Crippen MR) is 107 cm³/mol. The summed E-state index contributed by atoms with van der Waals surface area (Å²) in [7, 11) is 0. The maximum atomic E-state index is 12.9. The van der Waals surface area contributed by atoms with Gasteiger partial charge in [-0.05, 0) is 31.4 Å². The van der Waals surface area contributed by atoms with Gasteiger partial charge >= 0.3 is 6.61 Å². The van der Waals surface area contributed by atoms with Gasteiger partial charge in [-0.15, -0.1) is 0 Å². The predicted octanol–water partition coefficient (Wildman–Crippen LogP) is 3.78. The minimum Gasteiger partial charge on any atom is -0.434 e. The van der Waals surface area contributed by atoms with Gasteiger partial charge in [0.1, 0.15) is 11.6 Å². The zero-order chi connectivity index (χ0) is 21.5. The van der Waals surface area contributed by atoms with Gasteiger partial charge in [-0.1, -0.05) is 25.5 Å². The lowest BCUT2D eigenvalue weighted by Gasteiger charge is -2.32. The maximum Gasteiger partial charge on any atom is 0.387 e. The number of para-hydroxylation sites is 1. The summed E-state index contributed by atoms with van der Waals surface area (Å²) < 4.78 is 31.5. The van der Waals surface area contributed by atoms with Crippen LogP contribution in [0.15, 0.2) is 36.5 Å². The number of alkyl halides is 2. The summed E-state index contributed by atoms with van der Waals surface area (Å²) in [5, 5.41) is 7.14. The van der Waals surface area contributed by atoms with E-state index in [0.29, 0.717) is 25.2 Å². The van der Waals surface area contributed by atoms with E-state index in [1.54, 1.807) is 23.0 Å². The van der Waals surface area contributed by atoms with E-state index in [0.717, 1.165) is 19.4 Å². The van der Waals surface area contributed by atoms with Crippen molar-refractivity contribution in [1.29, 1.82) is 0 Å². The molecule has 0 bridgehead atoms. The number of amides is 2. The van der Waals surface area contributed by atoms with Crippen molar-refractivity contribution in [2.24, 2.45) is 5.92 Å². The highest BCUT2D eigenvalue weighted by Gasteiger charge is 2.30. The van der Waals surface area contributed by atoms with Gasteiger partial charge in [0, 0.05) is 25.7 Å². The van der Waals surface area contributed by atoms with Crippen LogP contribution in [0.4, 0.5) is 14.6 Å². The molecule has 1 aromatic heterocycles.